The zero-order valence-corrected chi connectivity index (χ0v) is 15.8. The monoisotopic (exact) mass is 385 g/mol. The SMILES string of the molecule is Cc1ccc(NC(=O)Cn2c(=O)n(-c3ccccc3)c(=O)c3ccccc32)cc1. The van der Waals surface area contributed by atoms with Crippen LogP contribution < -0.4 is 16.6 Å². The van der Waals surface area contributed by atoms with Crippen molar-refractivity contribution in [3.63, 3.8) is 0 Å². The molecule has 6 heteroatoms. The van der Waals surface area contributed by atoms with Crippen molar-refractivity contribution in [2.45, 2.75) is 13.5 Å². The summed E-state index contributed by atoms with van der Waals surface area (Å²) in [5.41, 5.74) is 1.65. The molecule has 4 rings (SSSR count). The molecule has 6 nitrogen and oxygen atoms in total. The smallest absolute Gasteiger partial charge is 0.325 e. The number of fused-ring (bicyclic) bond motifs is 1. The van der Waals surface area contributed by atoms with Gasteiger partial charge in [0, 0.05) is 5.69 Å². The normalized spacial score (nSPS) is 10.8. The number of aromatic nitrogens is 2. The lowest BCUT2D eigenvalue weighted by Gasteiger charge is -2.14. The van der Waals surface area contributed by atoms with Gasteiger partial charge in [-0.15, -0.1) is 0 Å². The van der Waals surface area contributed by atoms with Crippen molar-refractivity contribution in [3.8, 4) is 5.69 Å². The van der Waals surface area contributed by atoms with Crippen LogP contribution in [0.5, 0.6) is 0 Å². The Morgan fingerprint density at radius 1 is 0.862 bits per heavy atom. The molecule has 1 amide bonds. The van der Waals surface area contributed by atoms with Gasteiger partial charge in [0.05, 0.1) is 16.6 Å². The van der Waals surface area contributed by atoms with Gasteiger partial charge in [-0.1, -0.05) is 48.0 Å². The Hall–Kier alpha value is -3.93. The van der Waals surface area contributed by atoms with Crippen LogP contribution in [0.15, 0.2) is 88.5 Å². The number of amides is 1. The number of benzene rings is 3. The molecule has 0 radical (unpaired) electrons. The molecule has 3 aromatic carbocycles. The summed E-state index contributed by atoms with van der Waals surface area (Å²) in [5, 5.41) is 3.17. The molecule has 0 aliphatic heterocycles. The van der Waals surface area contributed by atoms with Gasteiger partial charge in [0.2, 0.25) is 5.91 Å². The largest absolute Gasteiger partial charge is 0.336 e. The predicted octanol–water partition coefficient (Wildman–Crippen LogP) is 3.10. The van der Waals surface area contributed by atoms with Gasteiger partial charge in [-0.05, 0) is 43.3 Å². The number of hydrogen-bond acceptors (Lipinski definition) is 3. The first-order valence-corrected chi connectivity index (χ1v) is 9.21. The number of rotatable bonds is 4. The van der Waals surface area contributed by atoms with Crippen LogP contribution in [-0.2, 0) is 11.3 Å². The van der Waals surface area contributed by atoms with Crippen LogP contribution in [0.4, 0.5) is 5.69 Å². The van der Waals surface area contributed by atoms with Gasteiger partial charge < -0.3 is 5.32 Å². The van der Waals surface area contributed by atoms with E-state index in [4.69, 9.17) is 0 Å². The Kier molecular flexibility index (Phi) is 4.83. The summed E-state index contributed by atoms with van der Waals surface area (Å²) in [7, 11) is 0. The van der Waals surface area contributed by atoms with Crippen LogP contribution in [0.2, 0.25) is 0 Å². The van der Waals surface area contributed by atoms with Gasteiger partial charge in [0.1, 0.15) is 6.54 Å². The molecule has 0 aliphatic rings. The van der Waals surface area contributed by atoms with Gasteiger partial charge in [-0.25, -0.2) is 9.36 Å². The van der Waals surface area contributed by atoms with E-state index in [0.717, 1.165) is 10.1 Å². The van der Waals surface area contributed by atoms with E-state index in [1.54, 1.807) is 60.7 Å². The second-order valence-electron chi connectivity index (χ2n) is 6.78. The molecule has 4 aromatic rings. The zero-order chi connectivity index (χ0) is 20.4. The van der Waals surface area contributed by atoms with E-state index in [0.29, 0.717) is 22.3 Å². The fraction of sp³-hybridized carbons (Fsp3) is 0.0870. The lowest BCUT2D eigenvalue weighted by Crippen LogP contribution is -2.40. The summed E-state index contributed by atoms with van der Waals surface area (Å²) in [4.78, 5) is 38.8. The lowest BCUT2D eigenvalue weighted by molar-refractivity contribution is -0.116. The Labute approximate surface area is 166 Å². The average molecular weight is 385 g/mol. The molecule has 0 bridgehead atoms. The van der Waals surface area contributed by atoms with Crippen LogP contribution in [0, 0.1) is 6.92 Å². The number of anilines is 1. The summed E-state index contributed by atoms with van der Waals surface area (Å²) < 4.78 is 2.43. The molecule has 0 fully saturated rings. The highest BCUT2D eigenvalue weighted by molar-refractivity contribution is 5.91. The van der Waals surface area contributed by atoms with Crippen molar-refractivity contribution >= 4 is 22.5 Å². The van der Waals surface area contributed by atoms with E-state index in [1.807, 2.05) is 25.1 Å². The Bertz CT molecular complexity index is 1300. The Balaban J connectivity index is 1.81. The number of nitrogens with one attached hydrogen (secondary N) is 1. The van der Waals surface area contributed by atoms with Crippen molar-refractivity contribution in [1.29, 1.82) is 0 Å². The maximum absolute atomic E-state index is 13.2. The number of aryl methyl sites for hydroxylation is 1. The van der Waals surface area contributed by atoms with Crippen molar-refractivity contribution < 1.29 is 4.79 Å². The summed E-state index contributed by atoms with van der Waals surface area (Å²) in [6, 6.07) is 22.9. The minimum absolute atomic E-state index is 0.208. The minimum Gasteiger partial charge on any atom is -0.325 e. The molecule has 144 valence electrons. The Morgan fingerprint density at radius 3 is 2.24 bits per heavy atom. The molecule has 1 aromatic heterocycles. The molecule has 0 unspecified atom stereocenters. The number of nitrogens with zero attached hydrogens (tertiary/aromatic N) is 2. The van der Waals surface area contributed by atoms with E-state index in [2.05, 4.69) is 5.32 Å². The van der Waals surface area contributed by atoms with Crippen LogP contribution in [0.1, 0.15) is 5.56 Å². The maximum Gasteiger partial charge on any atom is 0.336 e. The van der Waals surface area contributed by atoms with Crippen molar-refractivity contribution in [2.75, 3.05) is 5.32 Å². The second-order valence-corrected chi connectivity index (χ2v) is 6.78. The Morgan fingerprint density at radius 2 is 1.52 bits per heavy atom. The molecule has 29 heavy (non-hydrogen) atoms. The van der Waals surface area contributed by atoms with Gasteiger partial charge in [0.15, 0.2) is 0 Å². The fourth-order valence-corrected chi connectivity index (χ4v) is 3.26. The number of para-hydroxylation sites is 2. The first kappa shape index (κ1) is 18.4. The first-order chi connectivity index (χ1) is 14.0. The predicted molar refractivity (Wildman–Crippen MR) is 114 cm³/mol. The third kappa shape index (κ3) is 3.60. The number of carbonyl (C=O) groups excluding carboxylic acids is 1. The highest BCUT2D eigenvalue weighted by atomic mass is 16.2. The standard InChI is InChI=1S/C23H19N3O3/c1-16-11-13-17(14-12-16)24-21(27)15-25-20-10-6-5-9-19(20)22(28)26(23(25)29)18-7-3-2-4-8-18/h2-14H,15H2,1H3,(H,24,27). The molecule has 0 aliphatic carbocycles. The highest BCUT2D eigenvalue weighted by Crippen LogP contribution is 2.12. The number of carbonyl (C=O) groups is 1. The van der Waals surface area contributed by atoms with Crippen LogP contribution >= 0.6 is 0 Å². The van der Waals surface area contributed by atoms with Crippen molar-refractivity contribution in [2.24, 2.45) is 0 Å². The highest BCUT2D eigenvalue weighted by Gasteiger charge is 2.16. The lowest BCUT2D eigenvalue weighted by atomic mass is 10.2. The third-order valence-corrected chi connectivity index (χ3v) is 4.70. The molecule has 0 saturated heterocycles. The van der Waals surface area contributed by atoms with Gasteiger partial charge in [-0.2, -0.15) is 0 Å². The van der Waals surface area contributed by atoms with Crippen LogP contribution in [0.25, 0.3) is 16.6 Å². The minimum atomic E-state index is -0.557. The molecular formula is C23H19N3O3. The molecule has 1 heterocycles. The summed E-state index contributed by atoms with van der Waals surface area (Å²) in [6.45, 7) is 1.75. The van der Waals surface area contributed by atoms with E-state index in [1.165, 1.54) is 4.57 Å². The fourth-order valence-electron chi connectivity index (χ4n) is 3.26. The maximum atomic E-state index is 13.2. The summed E-state index contributed by atoms with van der Waals surface area (Å²) >= 11 is 0. The average Bonchev–Trinajstić information content (AvgIpc) is 2.74. The van der Waals surface area contributed by atoms with Crippen LogP contribution in [-0.4, -0.2) is 15.0 Å². The van der Waals surface area contributed by atoms with E-state index in [9.17, 15) is 14.4 Å². The van der Waals surface area contributed by atoms with Gasteiger partial charge >= 0.3 is 5.69 Å². The number of hydrogen-bond donors (Lipinski definition) is 1. The van der Waals surface area contributed by atoms with Crippen molar-refractivity contribution in [3.05, 3.63) is 105 Å². The molecule has 0 atom stereocenters. The topological polar surface area (TPSA) is 73.1 Å². The summed E-state index contributed by atoms with van der Waals surface area (Å²) in [5.74, 6) is -0.348. The molecule has 0 saturated carbocycles. The van der Waals surface area contributed by atoms with Crippen LogP contribution in [0.3, 0.4) is 0 Å². The van der Waals surface area contributed by atoms with Gasteiger partial charge in [0.25, 0.3) is 5.56 Å². The quantitative estimate of drug-likeness (QED) is 0.587. The molecular weight excluding hydrogens is 366 g/mol. The van der Waals surface area contributed by atoms with E-state index in [-0.39, 0.29) is 12.5 Å². The molecule has 1 N–H and O–H groups in total. The zero-order valence-electron chi connectivity index (χ0n) is 15.8. The van der Waals surface area contributed by atoms with E-state index >= 15 is 0 Å². The van der Waals surface area contributed by atoms with Gasteiger partial charge in [-0.3, -0.25) is 14.2 Å². The third-order valence-electron chi connectivity index (χ3n) is 4.70. The summed E-state index contributed by atoms with van der Waals surface area (Å²) in [6.07, 6.45) is 0. The van der Waals surface area contributed by atoms with E-state index < -0.39 is 11.2 Å². The second kappa shape index (κ2) is 7.59. The molecule has 0 spiro atoms. The first-order valence-electron chi connectivity index (χ1n) is 9.21. The van der Waals surface area contributed by atoms with Crippen molar-refractivity contribution in [1.82, 2.24) is 9.13 Å².